The Hall–Kier alpha value is -2.04. The van der Waals surface area contributed by atoms with Crippen LogP contribution < -0.4 is 11.0 Å². The summed E-state index contributed by atoms with van der Waals surface area (Å²) in [5.41, 5.74) is 1.09. The van der Waals surface area contributed by atoms with Crippen LogP contribution in [0.5, 0.6) is 0 Å². The van der Waals surface area contributed by atoms with Gasteiger partial charge >= 0.3 is 5.69 Å². The van der Waals surface area contributed by atoms with E-state index in [1.54, 1.807) is 15.3 Å². The lowest BCUT2D eigenvalue weighted by atomic mass is 10.2. The van der Waals surface area contributed by atoms with Crippen molar-refractivity contribution in [3.63, 3.8) is 0 Å². The van der Waals surface area contributed by atoms with Gasteiger partial charge in [0.2, 0.25) is 0 Å². The molecule has 5 nitrogen and oxygen atoms in total. The zero-order valence-corrected chi connectivity index (χ0v) is 10.8. The van der Waals surface area contributed by atoms with Gasteiger partial charge in [-0.25, -0.2) is 9.78 Å². The van der Waals surface area contributed by atoms with Gasteiger partial charge in [-0.3, -0.25) is 9.13 Å². The zero-order valence-electron chi connectivity index (χ0n) is 10.8. The molecule has 0 aromatic carbocycles. The van der Waals surface area contributed by atoms with Gasteiger partial charge in [0.15, 0.2) is 0 Å². The summed E-state index contributed by atoms with van der Waals surface area (Å²) in [6.07, 6.45) is 5.39. The normalized spacial score (nSPS) is 10.6. The Kier molecular flexibility index (Phi) is 3.82. The summed E-state index contributed by atoms with van der Waals surface area (Å²) in [5, 5.41) is 3.16. The van der Waals surface area contributed by atoms with E-state index in [1.165, 1.54) is 0 Å². The number of imidazole rings is 1. The second-order valence-corrected chi connectivity index (χ2v) is 4.07. The predicted molar refractivity (Wildman–Crippen MR) is 71.9 cm³/mol. The number of aryl methyl sites for hydroxylation is 1. The van der Waals surface area contributed by atoms with Crippen molar-refractivity contribution in [1.29, 1.82) is 0 Å². The topological polar surface area (TPSA) is 51.9 Å². The van der Waals surface area contributed by atoms with Crippen molar-refractivity contribution in [3.8, 4) is 0 Å². The molecule has 0 aliphatic rings. The molecule has 0 radical (unpaired) electrons. The van der Waals surface area contributed by atoms with Gasteiger partial charge in [0.05, 0.1) is 6.54 Å². The lowest BCUT2D eigenvalue weighted by Crippen LogP contribution is -2.23. The highest BCUT2D eigenvalue weighted by atomic mass is 16.1. The summed E-state index contributed by atoms with van der Waals surface area (Å²) in [6, 6.07) is 3.90. The van der Waals surface area contributed by atoms with E-state index < -0.39 is 0 Å². The maximum atomic E-state index is 11.9. The van der Waals surface area contributed by atoms with E-state index in [2.05, 4.69) is 10.3 Å². The predicted octanol–water partition coefficient (Wildman–Crippen LogP) is 1.54. The van der Waals surface area contributed by atoms with E-state index in [-0.39, 0.29) is 5.69 Å². The first-order valence-corrected chi connectivity index (χ1v) is 6.19. The number of aromatic nitrogens is 3. The van der Waals surface area contributed by atoms with Gasteiger partial charge < -0.3 is 5.32 Å². The first-order chi connectivity index (χ1) is 8.74. The molecular formula is C13H18N4O. The molecule has 0 unspecified atom stereocenters. The minimum absolute atomic E-state index is 0.0271. The summed E-state index contributed by atoms with van der Waals surface area (Å²) < 4.78 is 3.39. The molecule has 96 valence electrons. The number of rotatable bonds is 5. The average molecular weight is 246 g/mol. The quantitative estimate of drug-likeness (QED) is 0.870. The van der Waals surface area contributed by atoms with Crippen molar-refractivity contribution in [2.45, 2.75) is 26.9 Å². The van der Waals surface area contributed by atoms with Gasteiger partial charge in [-0.05, 0) is 31.5 Å². The fourth-order valence-corrected chi connectivity index (χ4v) is 1.86. The molecular weight excluding hydrogens is 228 g/mol. The third kappa shape index (κ3) is 2.61. The Morgan fingerprint density at radius 1 is 1.28 bits per heavy atom. The van der Waals surface area contributed by atoms with E-state index in [4.69, 9.17) is 0 Å². The Labute approximate surface area is 106 Å². The van der Waals surface area contributed by atoms with E-state index in [0.29, 0.717) is 13.1 Å². The van der Waals surface area contributed by atoms with Crippen molar-refractivity contribution in [1.82, 2.24) is 14.1 Å². The number of hydrogen-bond acceptors (Lipinski definition) is 3. The summed E-state index contributed by atoms with van der Waals surface area (Å²) in [7, 11) is 0. The van der Waals surface area contributed by atoms with Crippen molar-refractivity contribution >= 4 is 5.82 Å². The summed E-state index contributed by atoms with van der Waals surface area (Å²) >= 11 is 0. The van der Waals surface area contributed by atoms with Crippen LogP contribution in [0.2, 0.25) is 0 Å². The first-order valence-electron chi connectivity index (χ1n) is 6.19. The minimum atomic E-state index is 0.0271. The largest absolute Gasteiger partial charge is 0.370 e. The van der Waals surface area contributed by atoms with E-state index in [0.717, 1.165) is 17.9 Å². The molecule has 1 N–H and O–H groups in total. The van der Waals surface area contributed by atoms with Crippen LogP contribution in [0, 0.1) is 0 Å². The second-order valence-electron chi connectivity index (χ2n) is 4.07. The SMILES string of the molecule is CCNc1cc(Cn2ccn(CC)c2=O)ccn1. The zero-order chi connectivity index (χ0) is 13.0. The summed E-state index contributed by atoms with van der Waals surface area (Å²) in [4.78, 5) is 16.1. The number of nitrogens with zero attached hydrogens (tertiary/aromatic N) is 3. The van der Waals surface area contributed by atoms with Crippen LogP contribution in [0.4, 0.5) is 5.82 Å². The molecule has 2 rings (SSSR count). The van der Waals surface area contributed by atoms with Crippen molar-refractivity contribution < 1.29 is 0 Å². The molecule has 0 saturated carbocycles. The Bertz CT molecular complexity index is 570. The molecule has 18 heavy (non-hydrogen) atoms. The third-order valence-corrected chi connectivity index (χ3v) is 2.79. The van der Waals surface area contributed by atoms with Gasteiger partial charge in [-0.1, -0.05) is 0 Å². The molecule has 0 aliphatic carbocycles. The highest BCUT2D eigenvalue weighted by molar-refractivity contribution is 5.37. The summed E-state index contributed by atoms with van der Waals surface area (Å²) in [5.74, 6) is 0.845. The van der Waals surface area contributed by atoms with Gasteiger partial charge in [0, 0.05) is 31.7 Å². The molecule has 0 aliphatic heterocycles. The molecule has 2 aromatic heterocycles. The second kappa shape index (κ2) is 5.53. The molecule has 5 heteroatoms. The van der Waals surface area contributed by atoms with Gasteiger partial charge in [-0.15, -0.1) is 0 Å². The van der Waals surface area contributed by atoms with E-state index in [1.807, 2.05) is 38.4 Å². The number of pyridine rings is 1. The Morgan fingerprint density at radius 3 is 2.72 bits per heavy atom. The highest BCUT2D eigenvalue weighted by Crippen LogP contribution is 2.07. The third-order valence-electron chi connectivity index (χ3n) is 2.79. The molecule has 0 fully saturated rings. The molecule has 2 aromatic rings. The number of nitrogens with one attached hydrogen (secondary N) is 1. The van der Waals surface area contributed by atoms with Crippen LogP contribution in [-0.2, 0) is 13.1 Å². The van der Waals surface area contributed by atoms with E-state index >= 15 is 0 Å². The molecule has 0 saturated heterocycles. The minimum Gasteiger partial charge on any atom is -0.370 e. The monoisotopic (exact) mass is 246 g/mol. The van der Waals surface area contributed by atoms with Crippen LogP contribution in [0.25, 0.3) is 0 Å². The number of anilines is 1. The number of hydrogen-bond donors (Lipinski definition) is 1. The summed E-state index contributed by atoms with van der Waals surface area (Å²) in [6.45, 7) is 6.10. The fraction of sp³-hybridized carbons (Fsp3) is 0.385. The average Bonchev–Trinajstić information content (AvgIpc) is 2.71. The maximum absolute atomic E-state index is 11.9. The first kappa shape index (κ1) is 12.4. The molecule has 0 amide bonds. The van der Waals surface area contributed by atoms with E-state index in [9.17, 15) is 4.79 Å². The highest BCUT2D eigenvalue weighted by Gasteiger charge is 2.03. The van der Waals surface area contributed by atoms with Gasteiger partial charge in [-0.2, -0.15) is 0 Å². The standard InChI is InChI=1S/C13H18N4O/c1-3-14-12-9-11(5-6-15-12)10-17-8-7-16(4-2)13(17)18/h5-9H,3-4,10H2,1-2H3,(H,14,15). The van der Waals surface area contributed by atoms with Crippen molar-refractivity contribution in [2.75, 3.05) is 11.9 Å². The smallest absolute Gasteiger partial charge is 0.328 e. The van der Waals surface area contributed by atoms with Crippen LogP contribution >= 0.6 is 0 Å². The van der Waals surface area contributed by atoms with Crippen LogP contribution in [0.3, 0.4) is 0 Å². The van der Waals surface area contributed by atoms with Crippen LogP contribution in [-0.4, -0.2) is 20.7 Å². The van der Waals surface area contributed by atoms with Gasteiger partial charge in [0.1, 0.15) is 5.82 Å². The van der Waals surface area contributed by atoms with Gasteiger partial charge in [0.25, 0.3) is 0 Å². The Morgan fingerprint density at radius 2 is 2.06 bits per heavy atom. The fourth-order valence-electron chi connectivity index (χ4n) is 1.86. The lowest BCUT2D eigenvalue weighted by Gasteiger charge is -2.05. The maximum Gasteiger partial charge on any atom is 0.328 e. The van der Waals surface area contributed by atoms with Crippen molar-refractivity contribution in [3.05, 3.63) is 46.8 Å². The molecule has 0 spiro atoms. The Balaban J connectivity index is 2.20. The van der Waals surface area contributed by atoms with Crippen molar-refractivity contribution in [2.24, 2.45) is 0 Å². The molecule has 0 bridgehead atoms. The van der Waals surface area contributed by atoms with Crippen LogP contribution in [0.15, 0.2) is 35.5 Å². The molecule has 2 heterocycles. The molecule has 0 atom stereocenters. The van der Waals surface area contributed by atoms with Crippen LogP contribution in [0.1, 0.15) is 19.4 Å². The lowest BCUT2D eigenvalue weighted by molar-refractivity contribution is 0.668.